The fourth-order valence-electron chi connectivity index (χ4n) is 0.964. The molecule has 1 fully saturated rings. The van der Waals surface area contributed by atoms with Crippen molar-refractivity contribution in [1.29, 1.82) is 0 Å². The number of rotatable bonds is 2. The smallest absolute Gasteiger partial charge is 0.254 e. The monoisotopic (exact) mass is 136 g/mol. The summed E-state index contributed by atoms with van der Waals surface area (Å²) in [6, 6.07) is 0. The average molecular weight is 136 g/mol. The van der Waals surface area contributed by atoms with Gasteiger partial charge in [0.2, 0.25) is 0 Å². The second kappa shape index (κ2) is 1.66. The summed E-state index contributed by atoms with van der Waals surface area (Å²) in [5, 5.41) is 8.34. The van der Waals surface area contributed by atoms with Gasteiger partial charge >= 0.3 is 0 Å². The fourth-order valence-corrected chi connectivity index (χ4v) is 0.964. The Kier molecular flexibility index (Phi) is 1.28. The zero-order valence-corrected chi connectivity index (χ0v) is 5.32. The first kappa shape index (κ1) is 6.93. The van der Waals surface area contributed by atoms with E-state index in [4.69, 9.17) is 5.11 Å². The number of hydrogen-bond acceptors (Lipinski definition) is 1. The van der Waals surface area contributed by atoms with Gasteiger partial charge in [-0.05, 0) is 6.42 Å². The molecule has 1 aliphatic carbocycles. The van der Waals surface area contributed by atoms with Crippen molar-refractivity contribution in [2.45, 2.75) is 25.7 Å². The first-order valence-corrected chi connectivity index (χ1v) is 3.00. The van der Waals surface area contributed by atoms with Crippen molar-refractivity contribution >= 4 is 0 Å². The number of hydrogen-bond donors (Lipinski definition) is 1. The minimum Gasteiger partial charge on any atom is -0.396 e. The number of aliphatic hydroxyl groups is 1. The SMILES string of the molecule is CC1(CCO)CC1(F)F. The molecule has 0 heterocycles. The van der Waals surface area contributed by atoms with E-state index in [0.717, 1.165) is 0 Å². The molecule has 0 spiro atoms. The molecule has 0 saturated heterocycles. The topological polar surface area (TPSA) is 20.2 Å². The molecule has 1 unspecified atom stereocenters. The van der Waals surface area contributed by atoms with E-state index in [9.17, 15) is 8.78 Å². The van der Waals surface area contributed by atoms with Crippen LogP contribution in [0.2, 0.25) is 0 Å². The maximum atomic E-state index is 12.3. The molecule has 1 N–H and O–H groups in total. The molecular weight excluding hydrogens is 126 g/mol. The third kappa shape index (κ3) is 0.936. The van der Waals surface area contributed by atoms with Crippen LogP contribution in [0, 0.1) is 5.41 Å². The molecule has 1 aliphatic rings. The summed E-state index contributed by atoms with van der Waals surface area (Å²) in [5.74, 6) is -2.50. The molecular formula is C6H10F2O. The average Bonchev–Trinajstić information content (AvgIpc) is 2.07. The van der Waals surface area contributed by atoms with E-state index < -0.39 is 11.3 Å². The van der Waals surface area contributed by atoms with Crippen molar-refractivity contribution in [1.82, 2.24) is 0 Å². The van der Waals surface area contributed by atoms with Crippen LogP contribution in [0.4, 0.5) is 8.78 Å². The van der Waals surface area contributed by atoms with Gasteiger partial charge < -0.3 is 5.11 Å². The molecule has 0 aliphatic heterocycles. The molecule has 0 aromatic rings. The van der Waals surface area contributed by atoms with Crippen LogP contribution in [0.1, 0.15) is 19.8 Å². The lowest BCUT2D eigenvalue weighted by Gasteiger charge is -2.05. The minimum absolute atomic E-state index is 0.0550. The van der Waals surface area contributed by atoms with Crippen LogP contribution in [0.15, 0.2) is 0 Å². The highest BCUT2D eigenvalue weighted by atomic mass is 19.3. The molecule has 0 aromatic carbocycles. The first-order valence-electron chi connectivity index (χ1n) is 3.00. The van der Waals surface area contributed by atoms with Gasteiger partial charge in [-0.15, -0.1) is 0 Å². The van der Waals surface area contributed by atoms with Gasteiger partial charge in [-0.3, -0.25) is 0 Å². The fraction of sp³-hybridized carbons (Fsp3) is 1.00. The highest BCUT2D eigenvalue weighted by Crippen LogP contribution is 2.62. The Morgan fingerprint density at radius 3 is 2.11 bits per heavy atom. The number of aliphatic hydroxyl groups excluding tert-OH is 1. The lowest BCUT2D eigenvalue weighted by Crippen LogP contribution is -2.07. The van der Waals surface area contributed by atoms with Crippen molar-refractivity contribution in [3.8, 4) is 0 Å². The highest BCUT2D eigenvalue weighted by molar-refractivity contribution is 5.06. The third-order valence-electron chi connectivity index (χ3n) is 2.03. The third-order valence-corrected chi connectivity index (χ3v) is 2.03. The van der Waals surface area contributed by atoms with Crippen molar-refractivity contribution < 1.29 is 13.9 Å². The largest absolute Gasteiger partial charge is 0.396 e. The van der Waals surface area contributed by atoms with Crippen LogP contribution in [0.3, 0.4) is 0 Å². The highest BCUT2D eigenvalue weighted by Gasteiger charge is 2.66. The Morgan fingerprint density at radius 1 is 1.56 bits per heavy atom. The van der Waals surface area contributed by atoms with E-state index in [1.165, 1.54) is 6.92 Å². The van der Waals surface area contributed by atoms with E-state index in [2.05, 4.69) is 0 Å². The molecule has 0 amide bonds. The van der Waals surface area contributed by atoms with Crippen LogP contribution < -0.4 is 0 Å². The Morgan fingerprint density at radius 2 is 2.00 bits per heavy atom. The summed E-state index contributed by atoms with van der Waals surface area (Å²) < 4.78 is 24.5. The minimum atomic E-state index is -2.50. The van der Waals surface area contributed by atoms with Crippen LogP contribution in [-0.4, -0.2) is 17.6 Å². The molecule has 54 valence electrons. The summed E-state index contributed by atoms with van der Waals surface area (Å²) in [5.41, 5.74) is -0.887. The Balaban J connectivity index is 2.42. The van der Waals surface area contributed by atoms with Crippen molar-refractivity contribution in [3.63, 3.8) is 0 Å². The zero-order chi connectivity index (χ0) is 7.12. The van der Waals surface area contributed by atoms with Crippen molar-refractivity contribution in [2.75, 3.05) is 6.61 Å². The van der Waals surface area contributed by atoms with Gasteiger partial charge in [-0.25, -0.2) is 8.78 Å². The van der Waals surface area contributed by atoms with Gasteiger partial charge in [0.05, 0.1) is 0 Å². The summed E-state index contributed by atoms with van der Waals surface area (Å²) >= 11 is 0. The van der Waals surface area contributed by atoms with Gasteiger partial charge in [0.15, 0.2) is 0 Å². The van der Waals surface area contributed by atoms with Gasteiger partial charge in [-0.1, -0.05) is 6.92 Å². The van der Waals surface area contributed by atoms with Gasteiger partial charge in [0.1, 0.15) is 0 Å². The summed E-state index contributed by atoms with van der Waals surface area (Å²) in [7, 11) is 0. The summed E-state index contributed by atoms with van der Waals surface area (Å²) in [6.45, 7) is 1.37. The Bertz CT molecular complexity index is 124. The maximum Gasteiger partial charge on any atom is 0.254 e. The second-order valence-corrected chi connectivity index (χ2v) is 2.92. The van der Waals surface area contributed by atoms with Gasteiger partial charge in [0.25, 0.3) is 5.92 Å². The number of alkyl halides is 2. The summed E-state index contributed by atoms with van der Waals surface area (Å²) in [6.07, 6.45) is 0.167. The van der Waals surface area contributed by atoms with E-state index in [0.29, 0.717) is 0 Å². The zero-order valence-electron chi connectivity index (χ0n) is 5.32. The first-order chi connectivity index (χ1) is 4.02. The molecule has 3 heteroatoms. The van der Waals surface area contributed by atoms with E-state index in [-0.39, 0.29) is 19.4 Å². The molecule has 9 heavy (non-hydrogen) atoms. The lowest BCUT2D eigenvalue weighted by atomic mass is 10.1. The van der Waals surface area contributed by atoms with E-state index in [1.807, 2.05) is 0 Å². The van der Waals surface area contributed by atoms with E-state index in [1.54, 1.807) is 0 Å². The van der Waals surface area contributed by atoms with Crippen LogP contribution >= 0.6 is 0 Å². The molecule has 1 saturated carbocycles. The Hall–Kier alpha value is -0.180. The molecule has 0 radical (unpaired) electrons. The predicted octanol–water partition coefficient (Wildman–Crippen LogP) is 1.41. The molecule has 1 nitrogen and oxygen atoms in total. The molecule has 1 rings (SSSR count). The summed E-state index contributed by atoms with van der Waals surface area (Å²) in [4.78, 5) is 0. The molecule has 1 atom stereocenters. The lowest BCUT2D eigenvalue weighted by molar-refractivity contribution is 0.0595. The maximum absolute atomic E-state index is 12.3. The molecule has 0 aromatic heterocycles. The van der Waals surface area contributed by atoms with Crippen LogP contribution in [-0.2, 0) is 0 Å². The van der Waals surface area contributed by atoms with Gasteiger partial charge in [-0.2, -0.15) is 0 Å². The standard InChI is InChI=1S/C6H10F2O/c1-5(2-3-9)4-6(5,7)8/h9H,2-4H2,1H3. The Labute approximate surface area is 52.7 Å². The van der Waals surface area contributed by atoms with Crippen molar-refractivity contribution in [2.24, 2.45) is 5.41 Å². The predicted molar refractivity (Wildman–Crippen MR) is 29.4 cm³/mol. The normalized spacial score (nSPS) is 38.7. The number of halogens is 2. The molecule has 0 bridgehead atoms. The van der Waals surface area contributed by atoms with Crippen molar-refractivity contribution in [3.05, 3.63) is 0 Å². The quantitative estimate of drug-likeness (QED) is 0.608. The van der Waals surface area contributed by atoms with Crippen LogP contribution in [0.25, 0.3) is 0 Å². The second-order valence-electron chi connectivity index (χ2n) is 2.92. The van der Waals surface area contributed by atoms with Gasteiger partial charge in [0, 0.05) is 18.4 Å². The van der Waals surface area contributed by atoms with Crippen LogP contribution in [0.5, 0.6) is 0 Å². The van der Waals surface area contributed by atoms with E-state index >= 15 is 0 Å².